The molecule has 2 unspecified atom stereocenters. The van der Waals surface area contributed by atoms with Crippen molar-refractivity contribution in [3.8, 4) is 0 Å². The maximum atomic E-state index is 11.6. The number of Topliss-reactive ketones (excluding diaryl/α,β-unsaturated/α-hetero) is 1. The zero-order valence-electron chi connectivity index (χ0n) is 11.3. The highest BCUT2D eigenvalue weighted by molar-refractivity contribution is 5.90. The maximum Gasteiger partial charge on any atom is 0.365 e. The number of aliphatic hydroxyl groups is 6. The molecule has 0 saturated carbocycles. The van der Waals surface area contributed by atoms with Gasteiger partial charge in [-0.05, 0) is 0 Å². The van der Waals surface area contributed by atoms with E-state index in [1.54, 1.807) is 0 Å². The summed E-state index contributed by atoms with van der Waals surface area (Å²) >= 11 is 0. The third-order valence-corrected chi connectivity index (χ3v) is 3.58. The van der Waals surface area contributed by atoms with Gasteiger partial charge in [-0.2, -0.15) is 0 Å². The van der Waals surface area contributed by atoms with E-state index < -0.39 is 67.1 Å². The second-order valence-corrected chi connectivity index (χ2v) is 4.99. The van der Waals surface area contributed by atoms with Crippen molar-refractivity contribution < 1.29 is 50.1 Å². The fraction of sp³-hybridized carbons (Fsp3) is 0.818. The number of nitrogens with two attached hydrogens (primary N) is 1. The van der Waals surface area contributed by atoms with Gasteiger partial charge in [0.1, 0.15) is 30.8 Å². The molecular weight excluding hydrogens is 306 g/mol. The third-order valence-electron chi connectivity index (χ3n) is 3.58. The van der Waals surface area contributed by atoms with E-state index >= 15 is 0 Å². The van der Waals surface area contributed by atoms with Gasteiger partial charge in [0.2, 0.25) is 0 Å². The van der Waals surface area contributed by atoms with Crippen molar-refractivity contribution in [2.45, 2.75) is 36.2 Å². The van der Waals surface area contributed by atoms with Gasteiger partial charge in [0.15, 0.2) is 5.78 Å². The predicted molar refractivity (Wildman–Crippen MR) is 66.1 cm³/mol. The van der Waals surface area contributed by atoms with E-state index in [4.69, 9.17) is 25.8 Å². The van der Waals surface area contributed by atoms with Gasteiger partial charge in [-0.25, -0.2) is 4.79 Å². The van der Waals surface area contributed by atoms with Crippen LogP contribution in [0.3, 0.4) is 0 Å². The van der Waals surface area contributed by atoms with Crippen LogP contribution in [0.5, 0.6) is 0 Å². The average molecular weight is 325 g/mol. The van der Waals surface area contributed by atoms with Crippen LogP contribution >= 0.6 is 0 Å². The minimum atomic E-state index is -3.27. The second kappa shape index (κ2) is 6.93. The molecule has 22 heavy (non-hydrogen) atoms. The highest BCUT2D eigenvalue weighted by atomic mass is 16.7. The van der Waals surface area contributed by atoms with E-state index in [9.17, 15) is 30.0 Å². The summed E-state index contributed by atoms with van der Waals surface area (Å²) in [5.74, 6) is -8.65. The number of carboxylic acids is 1. The van der Waals surface area contributed by atoms with Crippen molar-refractivity contribution in [2.24, 2.45) is 11.7 Å². The largest absolute Gasteiger partial charge is 0.477 e. The number of aliphatic carboxylic acids is 1. The van der Waals surface area contributed by atoms with E-state index in [-0.39, 0.29) is 0 Å². The van der Waals surface area contributed by atoms with Crippen LogP contribution in [0.1, 0.15) is 0 Å². The summed E-state index contributed by atoms with van der Waals surface area (Å²) in [5, 5.41) is 65.8. The lowest BCUT2D eigenvalue weighted by Crippen LogP contribution is -2.71. The van der Waals surface area contributed by atoms with Crippen molar-refractivity contribution in [3.63, 3.8) is 0 Å². The number of carbonyl (C=O) groups is 2. The van der Waals surface area contributed by atoms with Gasteiger partial charge in [-0.1, -0.05) is 0 Å². The number of carboxylic acid groups (broad SMARTS) is 1. The third kappa shape index (κ3) is 3.11. The van der Waals surface area contributed by atoms with Gasteiger partial charge in [-0.15, -0.1) is 0 Å². The summed E-state index contributed by atoms with van der Waals surface area (Å²) in [5.41, 5.74) is 5.55. The van der Waals surface area contributed by atoms with Crippen LogP contribution < -0.4 is 5.73 Å². The first-order chi connectivity index (χ1) is 10.1. The zero-order valence-corrected chi connectivity index (χ0v) is 11.3. The van der Waals surface area contributed by atoms with Crippen LogP contribution in [0, 0.1) is 5.92 Å². The predicted octanol–water partition coefficient (Wildman–Crippen LogP) is -5.26. The molecule has 11 nitrogen and oxygen atoms in total. The van der Waals surface area contributed by atoms with Gasteiger partial charge in [-0.3, -0.25) is 4.79 Å². The average Bonchev–Trinajstić information content (AvgIpc) is 2.48. The summed E-state index contributed by atoms with van der Waals surface area (Å²) in [6.07, 6.45) is -7.50. The molecule has 0 aromatic rings. The van der Waals surface area contributed by atoms with Crippen LogP contribution in [0.15, 0.2) is 0 Å². The lowest BCUT2D eigenvalue weighted by Gasteiger charge is -2.47. The molecular formula is C11H19NO10. The van der Waals surface area contributed by atoms with E-state index in [2.05, 4.69) is 0 Å². The number of hydrogen-bond donors (Lipinski definition) is 8. The Morgan fingerprint density at radius 2 is 1.82 bits per heavy atom. The van der Waals surface area contributed by atoms with Crippen molar-refractivity contribution in [1.82, 2.24) is 0 Å². The molecule has 128 valence electrons. The molecule has 1 aliphatic rings. The first kappa shape index (κ1) is 18.9. The van der Waals surface area contributed by atoms with E-state index in [0.717, 1.165) is 0 Å². The SMILES string of the molecule is N[C@H]1[C@H]([C@H](O)[C@H](O)CO)OC(O)(C(=O)O)C(C(=O)CO)[C@@H]1O. The molecule has 0 bridgehead atoms. The van der Waals surface area contributed by atoms with E-state index in [1.807, 2.05) is 0 Å². The molecule has 1 aliphatic heterocycles. The van der Waals surface area contributed by atoms with Crippen LogP contribution in [0.2, 0.25) is 0 Å². The van der Waals surface area contributed by atoms with Gasteiger partial charge < -0.3 is 46.2 Å². The Labute approximate surface area is 124 Å². The Morgan fingerprint density at radius 3 is 2.23 bits per heavy atom. The summed E-state index contributed by atoms with van der Waals surface area (Å²) in [4.78, 5) is 22.8. The molecule has 9 N–H and O–H groups in total. The summed E-state index contributed by atoms with van der Waals surface area (Å²) < 4.78 is 4.76. The summed E-state index contributed by atoms with van der Waals surface area (Å²) in [6, 6.07) is -1.57. The standard InChI is InChI=1S/C11H19NO10/c12-6-8(18)5(3(15)1-13)11(21,10(19)20)22-9(6)7(17)4(16)2-14/h4-9,13-14,16-18,21H,1-2,12H2,(H,19,20)/t4-,5?,6-,7-,8+,9-,11?/m1/s1. The number of aliphatic hydroxyl groups excluding tert-OH is 5. The number of rotatable bonds is 6. The number of ether oxygens (including phenoxy) is 1. The number of carbonyl (C=O) groups excluding carboxylic acids is 1. The minimum Gasteiger partial charge on any atom is -0.477 e. The second-order valence-electron chi connectivity index (χ2n) is 4.99. The van der Waals surface area contributed by atoms with Crippen LogP contribution in [0.25, 0.3) is 0 Å². The molecule has 1 saturated heterocycles. The summed E-state index contributed by atoms with van der Waals surface area (Å²) in [6.45, 7) is -2.10. The molecule has 1 rings (SSSR count). The normalized spacial score (nSPS) is 38.3. The molecule has 0 aromatic carbocycles. The molecule has 1 heterocycles. The Balaban J connectivity index is 3.22. The molecule has 0 aromatic heterocycles. The Kier molecular flexibility index (Phi) is 5.95. The molecule has 0 radical (unpaired) electrons. The van der Waals surface area contributed by atoms with Crippen LogP contribution in [0.4, 0.5) is 0 Å². The first-order valence-corrected chi connectivity index (χ1v) is 6.29. The molecule has 7 atom stereocenters. The van der Waals surface area contributed by atoms with Crippen molar-refractivity contribution in [1.29, 1.82) is 0 Å². The molecule has 1 fully saturated rings. The molecule has 0 amide bonds. The first-order valence-electron chi connectivity index (χ1n) is 6.29. The van der Waals surface area contributed by atoms with Gasteiger partial charge in [0.25, 0.3) is 5.79 Å². The van der Waals surface area contributed by atoms with Gasteiger partial charge in [0, 0.05) is 0 Å². The van der Waals surface area contributed by atoms with E-state index in [0.29, 0.717) is 0 Å². The zero-order chi connectivity index (χ0) is 17.2. The Morgan fingerprint density at radius 1 is 1.27 bits per heavy atom. The minimum absolute atomic E-state index is 0.922. The summed E-state index contributed by atoms with van der Waals surface area (Å²) in [7, 11) is 0. The lowest BCUT2D eigenvalue weighted by atomic mass is 9.78. The highest BCUT2D eigenvalue weighted by Crippen LogP contribution is 2.35. The number of hydrogen-bond acceptors (Lipinski definition) is 10. The molecule has 11 heteroatoms. The van der Waals surface area contributed by atoms with Crippen molar-refractivity contribution in [3.05, 3.63) is 0 Å². The quantitative estimate of drug-likeness (QED) is 0.231. The topological polar surface area (TPSA) is 211 Å². The van der Waals surface area contributed by atoms with Crippen molar-refractivity contribution >= 4 is 11.8 Å². The highest BCUT2D eigenvalue weighted by Gasteiger charge is 2.61. The number of ketones is 1. The molecule has 0 aliphatic carbocycles. The Bertz CT molecular complexity index is 431. The molecule has 0 spiro atoms. The fourth-order valence-electron chi connectivity index (χ4n) is 2.32. The lowest BCUT2D eigenvalue weighted by molar-refractivity contribution is -0.312. The fourth-order valence-corrected chi connectivity index (χ4v) is 2.32. The smallest absolute Gasteiger partial charge is 0.365 e. The maximum absolute atomic E-state index is 11.6. The van der Waals surface area contributed by atoms with Crippen LogP contribution in [-0.2, 0) is 14.3 Å². The van der Waals surface area contributed by atoms with Gasteiger partial charge >= 0.3 is 5.97 Å². The van der Waals surface area contributed by atoms with Gasteiger partial charge in [0.05, 0.1) is 18.8 Å². The van der Waals surface area contributed by atoms with E-state index in [1.165, 1.54) is 0 Å². The Hall–Kier alpha value is -1.18. The van der Waals surface area contributed by atoms with Crippen LogP contribution in [-0.4, -0.2) is 97.0 Å². The monoisotopic (exact) mass is 325 g/mol. The van der Waals surface area contributed by atoms with Crippen molar-refractivity contribution in [2.75, 3.05) is 13.2 Å².